The van der Waals surface area contributed by atoms with Crippen molar-refractivity contribution in [1.29, 1.82) is 0 Å². The Bertz CT molecular complexity index is 1330. The summed E-state index contributed by atoms with van der Waals surface area (Å²) in [5.41, 5.74) is 4.08. The summed E-state index contributed by atoms with van der Waals surface area (Å²) in [4.78, 5) is 13.7. The van der Waals surface area contributed by atoms with Crippen LogP contribution in [0.5, 0.6) is 11.5 Å². The van der Waals surface area contributed by atoms with Gasteiger partial charge >= 0.3 is 0 Å². The van der Waals surface area contributed by atoms with Crippen LogP contribution in [0.15, 0.2) is 42.6 Å². The van der Waals surface area contributed by atoms with Crippen molar-refractivity contribution < 1.29 is 13.9 Å². The molecule has 168 valence electrons. The number of nitrogens with zero attached hydrogens (tertiary/aromatic N) is 5. The van der Waals surface area contributed by atoms with Gasteiger partial charge in [0.25, 0.3) is 0 Å². The summed E-state index contributed by atoms with van der Waals surface area (Å²) in [6.07, 6.45) is 1.62. The van der Waals surface area contributed by atoms with Gasteiger partial charge in [-0.2, -0.15) is 5.10 Å². The molecule has 2 bridgehead atoms. The summed E-state index contributed by atoms with van der Waals surface area (Å²) >= 11 is 0. The van der Waals surface area contributed by atoms with Gasteiger partial charge in [-0.1, -0.05) is 6.07 Å². The van der Waals surface area contributed by atoms with Crippen molar-refractivity contribution in [3.8, 4) is 34.1 Å². The molecule has 0 unspecified atom stereocenters. The van der Waals surface area contributed by atoms with E-state index in [-0.39, 0.29) is 18.0 Å². The molecule has 8 nitrogen and oxygen atoms in total. The standard InChI is InChI=1S/C24H23FN6O2/c1-30-7-9-31(10-8-30)15-5-6-16-20(13-15)33-12-11-32-19-4-2-3-17(25)21(19)24-26-14-18-23(27-24)22(16)29-28-18/h2-6,13-14H,7-12H2,1H3,(H,28,29). The van der Waals surface area contributed by atoms with Gasteiger partial charge in [0.2, 0.25) is 0 Å². The van der Waals surface area contributed by atoms with Crippen molar-refractivity contribution >= 4 is 16.7 Å². The number of hydrogen-bond acceptors (Lipinski definition) is 7. The van der Waals surface area contributed by atoms with E-state index >= 15 is 0 Å². The van der Waals surface area contributed by atoms with E-state index in [1.165, 1.54) is 6.07 Å². The Balaban J connectivity index is 1.49. The lowest BCUT2D eigenvalue weighted by molar-refractivity contribution is 0.217. The molecule has 0 radical (unpaired) electrons. The van der Waals surface area contributed by atoms with E-state index in [1.54, 1.807) is 18.3 Å². The summed E-state index contributed by atoms with van der Waals surface area (Å²) in [5.74, 6) is 0.918. The zero-order valence-electron chi connectivity index (χ0n) is 18.2. The summed E-state index contributed by atoms with van der Waals surface area (Å²) in [6, 6.07) is 10.9. The van der Waals surface area contributed by atoms with Crippen molar-refractivity contribution in [2.45, 2.75) is 0 Å². The topological polar surface area (TPSA) is 79.4 Å². The molecule has 33 heavy (non-hydrogen) atoms. The molecule has 0 atom stereocenters. The number of halogens is 1. The number of H-pyrrole nitrogens is 1. The van der Waals surface area contributed by atoms with Crippen LogP contribution >= 0.6 is 0 Å². The maximum atomic E-state index is 14.7. The summed E-state index contributed by atoms with van der Waals surface area (Å²) < 4.78 is 26.8. The highest BCUT2D eigenvalue weighted by Crippen LogP contribution is 2.38. The van der Waals surface area contributed by atoms with Gasteiger partial charge < -0.3 is 19.3 Å². The molecule has 0 saturated carbocycles. The third kappa shape index (κ3) is 3.54. The molecule has 2 aromatic heterocycles. The van der Waals surface area contributed by atoms with Crippen LogP contribution in [0.3, 0.4) is 0 Å². The van der Waals surface area contributed by atoms with Crippen molar-refractivity contribution in [2.24, 2.45) is 0 Å². The minimum atomic E-state index is -0.438. The lowest BCUT2D eigenvalue weighted by Gasteiger charge is -2.34. The third-order valence-corrected chi connectivity index (χ3v) is 6.19. The lowest BCUT2D eigenvalue weighted by atomic mass is 10.1. The average molecular weight is 446 g/mol. The molecule has 2 aliphatic rings. The van der Waals surface area contributed by atoms with E-state index in [0.717, 1.165) is 37.4 Å². The van der Waals surface area contributed by atoms with Gasteiger partial charge in [0.1, 0.15) is 47.3 Å². The Hall–Kier alpha value is -3.72. The second kappa shape index (κ2) is 8.00. The summed E-state index contributed by atoms with van der Waals surface area (Å²) in [6.45, 7) is 4.52. The van der Waals surface area contributed by atoms with Gasteiger partial charge in [-0.05, 0) is 31.3 Å². The highest BCUT2D eigenvalue weighted by atomic mass is 19.1. The monoisotopic (exact) mass is 446 g/mol. The second-order valence-electron chi connectivity index (χ2n) is 8.31. The molecule has 1 N–H and O–H groups in total. The van der Waals surface area contributed by atoms with Crippen molar-refractivity contribution in [1.82, 2.24) is 25.1 Å². The molecule has 6 rings (SSSR count). The Labute approximate surface area is 190 Å². The fourth-order valence-corrected chi connectivity index (χ4v) is 4.35. The molecule has 2 aliphatic heterocycles. The molecule has 0 spiro atoms. The van der Waals surface area contributed by atoms with E-state index < -0.39 is 5.82 Å². The average Bonchev–Trinajstić information content (AvgIpc) is 3.24. The van der Waals surface area contributed by atoms with Crippen LogP contribution in [-0.4, -0.2) is 71.5 Å². The van der Waals surface area contributed by atoms with E-state index in [9.17, 15) is 4.39 Å². The Morgan fingerprint density at radius 1 is 1.00 bits per heavy atom. The molecular formula is C24H23FN6O2. The van der Waals surface area contributed by atoms with E-state index in [1.807, 2.05) is 6.07 Å². The highest BCUT2D eigenvalue weighted by Gasteiger charge is 2.22. The van der Waals surface area contributed by atoms with Crippen LogP contribution in [0.25, 0.3) is 33.7 Å². The number of likely N-dealkylation sites (N-methyl/N-ethyl adjacent to an activating group) is 1. The molecule has 0 aliphatic carbocycles. The SMILES string of the molecule is CN1CCN(c2ccc3c(c2)OCCOc2cccc(F)c2-c2ncc4[nH]nc-3c4n2)CC1. The van der Waals surface area contributed by atoms with Crippen molar-refractivity contribution in [3.05, 3.63) is 48.4 Å². The number of fused-ring (bicyclic) bond motifs is 5. The number of benzene rings is 2. The minimum absolute atomic E-state index is 0.234. The predicted molar refractivity (Wildman–Crippen MR) is 123 cm³/mol. The van der Waals surface area contributed by atoms with E-state index in [0.29, 0.717) is 34.8 Å². The Morgan fingerprint density at radius 3 is 2.67 bits per heavy atom. The minimum Gasteiger partial charge on any atom is -0.489 e. The molecule has 9 heteroatoms. The molecule has 1 saturated heterocycles. The van der Waals surface area contributed by atoms with Gasteiger partial charge in [-0.15, -0.1) is 0 Å². The number of piperazine rings is 1. The maximum absolute atomic E-state index is 14.7. The first-order chi connectivity index (χ1) is 16.2. The first kappa shape index (κ1) is 19.9. The largest absolute Gasteiger partial charge is 0.489 e. The molecule has 4 heterocycles. The Morgan fingerprint density at radius 2 is 1.82 bits per heavy atom. The molecule has 1 fully saturated rings. The van der Waals surface area contributed by atoms with Crippen LogP contribution in [-0.2, 0) is 0 Å². The number of nitrogens with one attached hydrogen (secondary N) is 1. The highest BCUT2D eigenvalue weighted by molar-refractivity contribution is 5.92. The van der Waals surface area contributed by atoms with Crippen LogP contribution in [0.1, 0.15) is 0 Å². The van der Waals surface area contributed by atoms with Gasteiger partial charge in [0.15, 0.2) is 5.82 Å². The van der Waals surface area contributed by atoms with Crippen LogP contribution < -0.4 is 14.4 Å². The van der Waals surface area contributed by atoms with Gasteiger partial charge in [0, 0.05) is 43.5 Å². The van der Waals surface area contributed by atoms with Crippen molar-refractivity contribution in [3.63, 3.8) is 0 Å². The van der Waals surface area contributed by atoms with Crippen LogP contribution in [0, 0.1) is 5.82 Å². The molecule has 2 aromatic carbocycles. The zero-order chi connectivity index (χ0) is 22.4. The summed E-state index contributed by atoms with van der Waals surface area (Å²) in [7, 11) is 2.14. The number of rotatable bonds is 1. The second-order valence-corrected chi connectivity index (χ2v) is 8.31. The third-order valence-electron chi connectivity index (χ3n) is 6.19. The fourth-order valence-electron chi connectivity index (χ4n) is 4.35. The fraction of sp³-hybridized carbons (Fsp3) is 0.292. The normalized spacial score (nSPS) is 16.4. The van der Waals surface area contributed by atoms with Crippen LogP contribution in [0.4, 0.5) is 10.1 Å². The number of anilines is 1. The quantitative estimate of drug-likeness (QED) is 0.480. The number of ether oxygens (including phenoxy) is 2. The van der Waals surface area contributed by atoms with Gasteiger partial charge in [-0.25, -0.2) is 14.4 Å². The number of aromatic nitrogens is 4. The van der Waals surface area contributed by atoms with Gasteiger partial charge in [0.05, 0.1) is 11.8 Å². The summed E-state index contributed by atoms with van der Waals surface area (Å²) in [5, 5.41) is 7.50. The first-order valence-electron chi connectivity index (χ1n) is 11.0. The van der Waals surface area contributed by atoms with E-state index in [2.05, 4.69) is 49.1 Å². The lowest BCUT2D eigenvalue weighted by Crippen LogP contribution is -2.44. The predicted octanol–water partition coefficient (Wildman–Crippen LogP) is 3.35. The molecule has 0 amide bonds. The van der Waals surface area contributed by atoms with Crippen molar-refractivity contribution in [2.75, 3.05) is 51.3 Å². The maximum Gasteiger partial charge on any atom is 0.166 e. The zero-order valence-corrected chi connectivity index (χ0v) is 18.2. The molecular weight excluding hydrogens is 423 g/mol. The first-order valence-corrected chi connectivity index (χ1v) is 11.0. The molecule has 4 aromatic rings. The smallest absolute Gasteiger partial charge is 0.166 e. The number of aromatic amines is 1. The van der Waals surface area contributed by atoms with E-state index in [4.69, 9.17) is 9.47 Å². The number of hydrogen-bond donors (Lipinski definition) is 1. The Kier molecular flexibility index (Phi) is 4.83. The van der Waals surface area contributed by atoms with Gasteiger partial charge in [-0.3, -0.25) is 5.10 Å². The van der Waals surface area contributed by atoms with Crippen LogP contribution in [0.2, 0.25) is 0 Å².